The van der Waals surface area contributed by atoms with Crippen LogP contribution >= 0.6 is 0 Å². The molecule has 2 atom stereocenters. The fourth-order valence-corrected chi connectivity index (χ4v) is 4.59. The maximum absolute atomic E-state index is 14.4. The molecule has 1 N–H and O–H groups in total. The first-order chi connectivity index (χ1) is 17.3. The lowest BCUT2D eigenvalue weighted by atomic mass is 10.1. The molecular formula is C29H32FN3O3. The second-order valence-electron chi connectivity index (χ2n) is 9.35. The number of anilines is 1. The van der Waals surface area contributed by atoms with Crippen LogP contribution < -0.4 is 10.2 Å². The van der Waals surface area contributed by atoms with E-state index in [2.05, 4.69) is 5.32 Å². The summed E-state index contributed by atoms with van der Waals surface area (Å²) in [5, 5.41) is 4.86. The van der Waals surface area contributed by atoms with Crippen LogP contribution in [0.3, 0.4) is 0 Å². The van der Waals surface area contributed by atoms with E-state index >= 15 is 0 Å². The molecule has 0 radical (unpaired) electrons. The molecule has 3 aromatic carbocycles. The molecule has 0 bridgehead atoms. The molecule has 4 rings (SSSR count). The number of carbonyl (C=O) groups excluding carboxylic acids is 3. The molecule has 36 heavy (non-hydrogen) atoms. The number of benzene rings is 3. The van der Waals surface area contributed by atoms with Crippen LogP contribution in [-0.2, 0) is 16.1 Å². The number of halogens is 1. The Kier molecular flexibility index (Phi) is 7.67. The Labute approximate surface area is 211 Å². The van der Waals surface area contributed by atoms with Gasteiger partial charge in [-0.1, -0.05) is 49.4 Å². The molecule has 0 saturated carbocycles. The van der Waals surface area contributed by atoms with Crippen molar-refractivity contribution in [1.29, 1.82) is 0 Å². The zero-order valence-corrected chi connectivity index (χ0v) is 21.0. The third kappa shape index (κ3) is 5.10. The Morgan fingerprint density at radius 2 is 1.75 bits per heavy atom. The average molecular weight is 490 g/mol. The van der Waals surface area contributed by atoms with E-state index in [-0.39, 0.29) is 36.7 Å². The van der Waals surface area contributed by atoms with Gasteiger partial charge in [-0.05, 0) is 50.3 Å². The highest BCUT2D eigenvalue weighted by Crippen LogP contribution is 2.37. The summed E-state index contributed by atoms with van der Waals surface area (Å²) in [4.78, 5) is 42.4. The summed E-state index contributed by atoms with van der Waals surface area (Å²) >= 11 is 0. The zero-order valence-electron chi connectivity index (χ0n) is 21.0. The van der Waals surface area contributed by atoms with Crippen molar-refractivity contribution < 1.29 is 18.8 Å². The lowest BCUT2D eigenvalue weighted by Gasteiger charge is -2.30. The second kappa shape index (κ2) is 10.9. The van der Waals surface area contributed by atoms with E-state index in [0.29, 0.717) is 24.1 Å². The molecule has 1 aliphatic heterocycles. The number of hydrogen-bond donors (Lipinski definition) is 1. The number of carbonyl (C=O) groups is 3. The Morgan fingerprint density at radius 1 is 1.03 bits per heavy atom. The first-order valence-corrected chi connectivity index (χ1v) is 12.5. The lowest BCUT2D eigenvalue weighted by molar-refractivity contribution is -0.141. The Hall–Kier alpha value is -3.74. The van der Waals surface area contributed by atoms with Crippen molar-refractivity contribution in [3.05, 3.63) is 77.6 Å². The minimum atomic E-state index is -0.766. The zero-order chi connectivity index (χ0) is 25.8. The third-order valence-corrected chi connectivity index (χ3v) is 6.89. The first kappa shape index (κ1) is 25.4. The number of nitrogens with one attached hydrogen (secondary N) is 1. The van der Waals surface area contributed by atoms with Crippen LogP contribution in [0.2, 0.25) is 0 Å². The van der Waals surface area contributed by atoms with Crippen LogP contribution in [0.1, 0.15) is 56.0 Å². The van der Waals surface area contributed by atoms with Gasteiger partial charge in [0.25, 0.3) is 5.91 Å². The molecule has 0 unspecified atom stereocenters. The van der Waals surface area contributed by atoms with E-state index in [0.717, 1.165) is 22.9 Å². The molecule has 0 aliphatic carbocycles. The third-order valence-electron chi connectivity index (χ3n) is 6.89. The summed E-state index contributed by atoms with van der Waals surface area (Å²) in [6, 6.07) is 17.0. The van der Waals surface area contributed by atoms with Gasteiger partial charge in [-0.3, -0.25) is 14.4 Å². The predicted octanol–water partition coefficient (Wildman–Crippen LogP) is 5.05. The highest BCUT2D eigenvalue weighted by atomic mass is 19.1. The second-order valence-corrected chi connectivity index (χ2v) is 9.35. The van der Waals surface area contributed by atoms with Crippen molar-refractivity contribution in [3.63, 3.8) is 0 Å². The molecule has 3 amide bonds. The molecule has 3 aromatic rings. The van der Waals surface area contributed by atoms with Gasteiger partial charge >= 0.3 is 0 Å². The molecule has 0 spiro atoms. The molecular weight excluding hydrogens is 457 g/mol. The Morgan fingerprint density at radius 3 is 2.47 bits per heavy atom. The highest BCUT2D eigenvalue weighted by Gasteiger charge is 2.30. The van der Waals surface area contributed by atoms with Crippen LogP contribution in [0.15, 0.2) is 60.7 Å². The first-order valence-electron chi connectivity index (χ1n) is 12.5. The van der Waals surface area contributed by atoms with Crippen molar-refractivity contribution >= 4 is 34.2 Å². The molecule has 7 heteroatoms. The summed E-state index contributed by atoms with van der Waals surface area (Å²) in [6.07, 6.45) is 1.31. The number of rotatable bonds is 10. The summed E-state index contributed by atoms with van der Waals surface area (Å²) in [5.74, 6) is -1.02. The van der Waals surface area contributed by atoms with E-state index in [9.17, 15) is 18.8 Å². The molecule has 188 valence electrons. The maximum Gasteiger partial charge on any atom is 0.258 e. The van der Waals surface area contributed by atoms with Crippen LogP contribution in [-0.4, -0.2) is 41.2 Å². The van der Waals surface area contributed by atoms with E-state index in [1.165, 1.54) is 11.0 Å². The van der Waals surface area contributed by atoms with Gasteiger partial charge in [-0.15, -0.1) is 0 Å². The molecule has 1 heterocycles. The SMILES string of the molecule is CC[C@@H](C)NC(=O)[C@@H](C)N(Cc1ccccc1F)C(=O)CCCN1C(=O)c2cccc3cccc1c23. The summed E-state index contributed by atoms with van der Waals surface area (Å²) in [5.41, 5.74) is 1.88. The van der Waals surface area contributed by atoms with E-state index in [1.807, 2.05) is 50.2 Å². The molecule has 0 aromatic heterocycles. The van der Waals surface area contributed by atoms with E-state index in [4.69, 9.17) is 0 Å². The number of hydrogen-bond acceptors (Lipinski definition) is 3. The van der Waals surface area contributed by atoms with Crippen LogP contribution in [0.25, 0.3) is 10.8 Å². The monoisotopic (exact) mass is 489 g/mol. The van der Waals surface area contributed by atoms with E-state index in [1.54, 1.807) is 30.0 Å². The van der Waals surface area contributed by atoms with Crippen molar-refractivity contribution in [3.8, 4) is 0 Å². The van der Waals surface area contributed by atoms with Crippen molar-refractivity contribution in [1.82, 2.24) is 10.2 Å². The van der Waals surface area contributed by atoms with Crippen molar-refractivity contribution in [2.24, 2.45) is 0 Å². The smallest absolute Gasteiger partial charge is 0.258 e. The fraction of sp³-hybridized carbons (Fsp3) is 0.345. The largest absolute Gasteiger partial charge is 0.352 e. The minimum Gasteiger partial charge on any atom is -0.352 e. The van der Waals surface area contributed by atoms with Crippen LogP contribution in [0.4, 0.5) is 10.1 Å². The van der Waals surface area contributed by atoms with Crippen molar-refractivity contribution in [2.75, 3.05) is 11.4 Å². The lowest BCUT2D eigenvalue weighted by Crippen LogP contribution is -2.49. The minimum absolute atomic E-state index is 0.00596. The van der Waals surface area contributed by atoms with Gasteiger partial charge in [-0.25, -0.2) is 4.39 Å². The normalized spacial score (nSPS) is 14.1. The van der Waals surface area contributed by atoms with Gasteiger partial charge in [0, 0.05) is 42.1 Å². The maximum atomic E-state index is 14.4. The van der Waals surface area contributed by atoms with Gasteiger partial charge in [0.1, 0.15) is 11.9 Å². The predicted molar refractivity (Wildman–Crippen MR) is 139 cm³/mol. The Bertz CT molecular complexity index is 1290. The van der Waals surface area contributed by atoms with Crippen LogP contribution in [0, 0.1) is 5.82 Å². The molecule has 6 nitrogen and oxygen atoms in total. The molecule has 0 saturated heterocycles. The summed E-state index contributed by atoms with van der Waals surface area (Å²) in [6.45, 7) is 5.90. The number of nitrogens with zero attached hydrogens (tertiary/aromatic N) is 2. The quantitative estimate of drug-likeness (QED) is 0.433. The van der Waals surface area contributed by atoms with Gasteiger partial charge in [0.2, 0.25) is 11.8 Å². The topological polar surface area (TPSA) is 69.7 Å². The van der Waals surface area contributed by atoms with Gasteiger partial charge in [-0.2, -0.15) is 0 Å². The van der Waals surface area contributed by atoms with Crippen LogP contribution in [0.5, 0.6) is 0 Å². The summed E-state index contributed by atoms with van der Waals surface area (Å²) < 4.78 is 14.4. The van der Waals surface area contributed by atoms with Gasteiger partial charge in [0.15, 0.2) is 0 Å². The van der Waals surface area contributed by atoms with Crippen molar-refractivity contribution in [2.45, 2.75) is 58.7 Å². The average Bonchev–Trinajstić information content (AvgIpc) is 3.15. The summed E-state index contributed by atoms with van der Waals surface area (Å²) in [7, 11) is 0. The fourth-order valence-electron chi connectivity index (χ4n) is 4.59. The molecule has 0 fully saturated rings. The van der Waals surface area contributed by atoms with Gasteiger partial charge < -0.3 is 15.1 Å². The van der Waals surface area contributed by atoms with E-state index < -0.39 is 11.9 Å². The number of amides is 3. The van der Waals surface area contributed by atoms with Gasteiger partial charge in [0.05, 0.1) is 5.69 Å². The Balaban J connectivity index is 1.47. The highest BCUT2D eigenvalue weighted by molar-refractivity contribution is 6.25. The standard InChI is InChI=1S/C29H32FN3O3/c1-4-19(2)31-28(35)20(3)33(18-22-10-5-6-14-24(22)30)26(34)16-9-17-32-25-15-8-12-21-11-7-13-23(27(21)25)29(32)36/h5-8,10-15,19-20H,4,9,16-18H2,1-3H3,(H,31,35)/t19-,20-/m1/s1. The molecule has 1 aliphatic rings.